The summed E-state index contributed by atoms with van der Waals surface area (Å²) in [6, 6.07) is 60.2. The topological polar surface area (TPSA) is 33.6 Å². The fourth-order valence-corrected chi connectivity index (χ4v) is 7.08. The van der Waals surface area contributed by atoms with Gasteiger partial charge >= 0.3 is 0 Å². The van der Waals surface area contributed by atoms with Crippen molar-refractivity contribution < 1.29 is 0 Å². The number of hydrogen-bond acceptors (Lipinski definition) is 1. The van der Waals surface area contributed by atoms with Crippen LogP contribution in [0.3, 0.4) is 0 Å². The van der Waals surface area contributed by atoms with E-state index in [1.54, 1.807) is 0 Å². The second-order valence-corrected chi connectivity index (χ2v) is 11.7. The van der Waals surface area contributed by atoms with Crippen LogP contribution in [-0.4, -0.2) is 9.13 Å². The van der Waals surface area contributed by atoms with Crippen molar-refractivity contribution in [3.05, 3.63) is 169 Å². The number of hydrogen-bond donors (Lipinski definition) is 0. The van der Waals surface area contributed by atoms with E-state index in [0.717, 1.165) is 44.7 Å². The van der Waals surface area contributed by atoms with Crippen molar-refractivity contribution in [1.29, 1.82) is 5.26 Å². The highest BCUT2D eigenvalue weighted by atomic mass is 15.0. The van der Waals surface area contributed by atoms with Gasteiger partial charge in [0.05, 0.1) is 33.3 Å². The Morgan fingerprint density at radius 2 is 0.826 bits per heavy atom. The third kappa shape index (κ3) is 3.98. The standard InChI is InChI=1S/C43H27N3/c44-28-31-23-22-30(27-43(31)46-41-20-10-6-16-37(41)38-17-7-11-21-42(38)46)33-24-32(29-12-2-1-3-13-29)25-34(26-33)45-39-18-8-4-14-35(39)36-15-5-9-19-40(36)45/h1-27H. The molecule has 0 saturated carbocycles. The Kier molecular flexibility index (Phi) is 5.88. The van der Waals surface area contributed by atoms with Crippen LogP contribution in [-0.2, 0) is 0 Å². The molecular weight excluding hydrogens is 558 g/mol. The van der Waals surface area contributed by atoms with Crippen LogP contribution in [0.25, 0.3) is 77.2 Å². The highest BCUT2D eigenvalue weighted by Gasteiger charge is 2.17. The molecule has 0 fully saturated rings. The molecular formula is C43H27N3. The van der Waals surface area contributed by atoms with Crippen molar-refractivity contribution in [3.8, 4) is 39.7 Å². The molecule has 0 aliphatic rings. The SMILES string of the molecule is N#Cc1ccc(-c2cc(-c3ccccc3)cc(-n3c4ccccc4c4ccccc43)c2)cc1-n1c2ccccc2c2ccccc21. The first-order chi connectivity index (χ1) is 22.8. The van der Waals surface area contributed by atoms with Gasteiger partial charge in [0.15, 0.2) is 0 Å². The fourth-order valence-electron chi connectivity index (χ4n) is 7.08. The molecule has 0 N–H and O–H groups in total. The monoisotopic (exact) mass is 585 g/mol. The Bertz CT molecular complexity index is 2540. The molecule has 46 heavy (non-hydrogen) atoms. The number of benzene rings is 7. The molecule has 2 aromatic heterocycles. The second-order valence-electron chi connectivity index (χ2n) is 11.7. The first-order valence-electron chi connectivity index (χ1n) is 15.5. The van der Waals surface area contributed by atoms with Gasteiger partial charge in [0.1, 0.15) is 6.07 Å². The quantitative estimate of drug-likeness (QED) is 0.202. The van der Waals surface area contributed by atoms with Crippen molar-refractivity contribution in [1.82, 2.24) is 9.13 Å². The maximum absolute atomic E-state index is 10.3. The molecule has 3 nitrogen and oxygen atoms in total. The number of nitriles is 1. The van der Waals surface area contributed by atoms with Crippen LogP contribution in [0.5, 0.6) is 0 Å². The normalized spacial score (nSPS) is 11.5. The van der Waals surface area contributed by atoms with Gasteiger partial charge in [-0.15, -0.1) is 0 Å². The summed E-state index contributed by atoms with van der Waals surface area (Å²) in [5.74, 6) is 0. The van der Waals surface area contributed by atoms with E-state index in [1.807, 2.05) is 6.07 Å². The van der Waals surface area contributed by atoms with Crippen LogP contribution in [0.4, 0.5) is 0 Å². The average Bonchev–Trinajstić information content (AvgIpc) is 3.65. The third-order valence-corrected chi connectivity index (χ3v) is 9.14. The van der Waals surface area contributed by atoms with Crippen LogP contribution >= 0.6 is 0 Å². The van der Waals surface area contributed by atoms with Gasteiger partial charge in [0.2, 0.25) is 0 Å². The highest BCUT2D eigenvalue weighted by Crippen LogP contribution is 2.38. The van der Waals surface area contributed by atoms with E-state index in [1.165, 1.54) is 32.6 Å². The van der Waals surface area contributed by atoms with Crippen LogP contribution in [0.2, 0.25) is 0 Å². The van der Waals surface area contributed by atoms with Gasteiger partial charge in [-0.25, -0.2) is 0 Å². The van der Waals surface area contributed by atoms with Gasteiger partial charge in [0, 0.05) is 27.2 Å². The van der Waals surface area contributed by atoms with E-state index in [9.17, 15) is 5.26 Å². The summed E-state index contributed by atoms with van der Waals surface area (Å²) in [6.07, 6.45) is 0. The smallest absolute Gasteiger partial charge is 0.101 e. The zero-order chi connectivity index (χ0) is 30.6. The number of rotatable bonds is 4. The summed E-state index contributed by atoms with van der Waals surface area (Å²) >= 11 is 0. The molecule has 9 aromatic rings. The summed E-state index contributed by atoms with van der Waals surface area (Å²) < 4.78 is 4.61. The molecule has 3 heteroatoms. The predicted octanol–water partition coefficient (Wildman–Crippen LogP) is 11.1. The molecule has 0 spiro atoms. The summed E-state index contributed by atoms with van der Waals surface area (Å²) in [6.45, 7) is 0. The molecule has 0 radical (unpaired) electrons. The van der Waals surface area contributed by atoms with Crippen LogP contribution < -0.4 is 0 Å². The molecule has 0 unspecified atom stereocenters. The maximum Gasteiger partial charge on any atom is 0.101 e. The van der Waals surface area contributed by atoms with Crippen LogP contribution in [0, 0.1) is 11.3 Å². The Morgan fingerprint density at radius 3 is 1.35 bits per heavy atom. The number of fused-ring (bicyclic) bond motifs is 6. The average molecular weight is 586 g/mol. The van der Waals surface area contributed by atoms with Crippen LogP contribution in [0.1, 0.15) is 5.56 Å². The Labute approximate surface area is 266 Å². The third-order valence-electron chi connectivity index (χ3n) is 9.14. The van der Waals surface area contributed by atoms with Crippen molar-refractivity contribution in [2.45, 2.75) is 0 Å². The first kappa shape index (κ1) is 26.1. The van der Waals surface area contributed by atoms with Gasteiger partial charge in [0.25, 0.3) is 0 Å². The lowest BCUT2D eigenvalue weighted by Crippen LogP contribution is -1.99. The van der Waals surface area contributed by atoms with Crippen LogP contribution in [0.15, 0.2) is 164 Å². The number of para-hydroxylation sites is 4. The molecule has 7 aromatic carbocycles. The van der Waals surface area contributed by atoms with Crippen molar-refractivity contribution >= 4 is 43.6 Å². The molecule has 0 aliphatic carbocycles. The Morgan fingerprint density at radius 1 is 0.370 bits per heavy atom. The van der Waals surface area contributed by atoms with Gasteiger partial charge in [-0.05, 0) is 76.9 Å². The van der Waals surface area contributed by atoms with Gasteiger partial charge < -0.3 is 9.13 Å². The van der Waals surface area contributed by atoms with E-state index >= 15 is 0 Å². The molecule has 9 rings (SSSR count). The molecule has 0 atom stereocenters. The largest absolute Gasteiger partial charge is 0.309 e. The summed E-state index contributed by atoms with van der Waals surface area (Å²) in [5.41, 5.74) is 11.6. The molecule has 0 bridgehead atoms. The first-order valence-corrected chi connectivity index (χ1v) is 15.5. The van der Waals surface area contributed by atoms with Gasteiger partial charge in [-0.1, -0.05) is 109 Å². The van der Waals surface area contributed by atoms with E-state index in [0.29, 0.717) is 5.56 Å². The minimum absolute atomic E-state index is 0.636. The highest BCUT2D eigenvalue weighted by molar-refractivity contribution is 6.10. The molecule has 0 amide bonds. The minimum atomic E-state index is 0.636. The Hall–Kier alpha value is -6.37. The molecule has 2 heterocycles. The number of aromatic nitrogens is 2. The van der Waals surface area contributed by atoms with Gasteiger partial charge in [-0.3, -0.25) is 0 Å². The van der Waals surface area contributed by atoms with E-state index in [2.05, 4.69) is 173 Å². The number of nitrogens with zero attached hydrogens (tertiary/aromatic N) is 3. The lowest BCUT2D eigenvalue weighted by molar-refractivity contribution is 1.17. The van der Waals surface area contributed by atoms with Crippen molar-refractivity contribution in [2.75, 3.05) is 0 Å². The molecule has 214 valence electrons. The van der Waals surface area contributed by atoms with E-state index in [4.69, 9.17) is 0 Å². The van der Waals surface area contributed by atoms with Crippen molar-refractivity contribution in [3.63, 3.8) is 0 Å². The Balaban J connectivity index is 1.33. The summed E-state index contributed by atoms with van der Waals surface area (Å²) in [4.78, 5) is 0. The second kappa shape index (κ2) is 10.4. The maximum atomic E-state index is 10.3. The minimum Gasteiger partial charge on any atom is -0.309 e. The lowest BCUT2D eigenvalue weighted by Gasteiger charge is -2.16. The van der Waals surface area contributed by atoms with E-state index in [-0.39, 0.29) is 0 Å². The zero-order valence-corrected chi connectivity index (χ0v) is 24.9. The summed E-state index contributed by atoms with van der Waals surface area (Å²) in [7, 11) is 0. The predicted molar refractivity (Wildman–Crippen MR) is 191 cm³/mol. The summed E-state index contributed by atoms with van der Waals surface area (Å²) in [5, 5.41) is 15.1. The fraction of sp³-hybridized carbons (Fsp3) is 0. The molecule has 0 aliphatic heterocycles. The van der Waals surface area contributed by atoms with Crippen molar-refractivity contribution in [2.24, 2.45) is 0 Å². The molecule has 0 saturated heterocycles. The van der Waals surface area contributed by atoms with Gasteiger partial charge in [-0.2, -0.15) is 5.26 Å². The van der Waals surface area contributed by atoms with E-state index < -0.39 is 0 Å². The zero-order valence-electron chi connectivity index (χ0n) is 24.9. The lowest BCUT2D eigenvalue weighted by atomic mass is 9.96.